The summed E-state index contributed by atoms with van der Waals surface area (Å²) < 4.78 is 0. The van der Waals surface area contributed by atoms with Gasteiger partial charge in [-0.1, -0.05) is 32.4 Å². The van der Waals surface area contributed by atoms with Gasteiger partial charge < -0.3 is 21.3 Å². The number of nitrogens with two attached hydrogens (primary N) is 1. The van der Waals surface area contributed by atoms with Crippen molar-refractivity contribution in [1.29, 1.82) is 0 Å². The molecule has 1 unspecified atom stereocenters. The monoisotopic (exact) mass is 360 g/mol. The van der Waals surface area contributed by atoms with Crippen LogP contribution in [-0.4, -0.2) is 28.1 Å². The van der Waals surface area contributed by atoms with E-state index in [2.05, 4.69) is 5.32 Å². The van der Waals surface area contributed by atoms with Crippen molar-refractivity contribution in [2.75, 3.05) is 0 Å². The first-order chi connectivity index (χ1) is 9.36. The zero-order valence-corrected chi connectivity index (χ0v) is 13.7. The standard InChI is InChI=1S/C14H20N2O4.BrH/c1-3-8(2)11(15)13(18)16-12(14(19)20)9-4-6-10(17)7-5-9;/h4-8,11-12,17H,3,15H2,1-2H3,(H,16,18)(H,19,20);1H/t8-,11-,12?;/m0./s1. The molecule has 0 spiro atoms. The lowest BCUT2D eigenvalue weighted by Crippen LogP contribution is -2.47. The molecule has 6 nitrogen and oxygen atoms in total. The van der Waals surface area contributed by atoms with Crippen molar-refractivity contribution < 1.29 is 19.8 Å². The third kappa shape index (κ3) is 5.35. The summed E-state index contributed by atoms with van der Waals surface area (Å²) >= 11 is 0. The fourth-order valence-corrected chi connectivity index (χ4v) is 1.71. The Hall–Kier alpha value is -1.60. The Balaban J connectivity index is 0.00000400. The third-order valence-electron chi connectivity index (χ3n) is 3.32. The summed E-state index contributed by atoms with van der Waals surface area (Å²) in [5.41, 5.74) is 6.15. The van der Waals surface area contributed by atoms with E-state index < -0.39 is 24.0 Å². The van der Waals surface area contributed by atoms with Gasteiger partial charge in [0, 0.05) is 0 Å². The van der Waals surface area contributed by atoms with E-state index in [9.17, 15) is 19.8 Å². The minimum absolute atomic E-state index is 0. The number of carbonyl (C=O) groups is 2. The fourth-order valence-electron chi connectivity index (χ4n) is 1.71. The lowest BCUT2D eigenvalue weighted by molar-refractivity contribution is -0.142. The Labute approximate surface area is 134 Å². The molecule has 0 radical (unpaired) electrons. The zero-order chi connectivity index (χ0) is 15.3. The molecule has 1 rings (SSSR count). The van der Waals surface area contributed by atoms with Crippen LogP contribution in [0.4, 0.5) is 0 Å². The molecule has 1 amide bonds. The number of amides is 1. The number of hydrogen-bond donors (Lipinski definition) is 4. The van der Waals surface area contributed by atoms with Gasteiger partial charge in [-0.05, 0) is 23.6 Å². The maximum atomic E-state index is 11.9. The van der Waals surface area contributed by atoms with E-state index in [4.69, 9.17) is 5.73 Å². The average Bonchev–Trinajstić information content (AvgIpc) is 2.43. The predicted octanol–water partition coefficient (Wildman–Crippen LogP) is 1.59. The first-order valence-electron chi connectivity index (χ1n) is 6.44. The summed E-state index contributed by atoms with van der Waals surface area (Å²) in [5.74, 6) is -1.69. The Kier molecular flexibility index (Phi) is 7.98. The average molecular weight is 361 g/mol. The molecule has 21 heavy (non-hydrogen) atoms. The molecule has 1 aromatic carbocycles. The first-order valence-corrected chi connectivity index (χ1v) is 6.44. The van der Waals surface area contributed by atoms with Crippen LogP contribution in [0.3, 0.4) is 0 Å². The number of rotatable bonds is 6. The van der Waals surface area contributed by atoms with Crippen LogP contribution >= 0.6 is 17.0 Å². The van der Waals surface area contributed by atoms with Crippen LogP contribution in [0.15, 0.2) is 24.3 Å². The van der Waals surface area contributed by atoms with E-state index in [-0.39, 0.29) is 28.6 Å². The maximum Gasteiger partial charge on any atom is 0.330 e. The molecule has 118 valence electrons. The quantitative estimate of drug-likeness (QED) is 0.615. The second kappa shape index (κ2) is 8.63. The summed E-state index contributed by atoms with van der Waals surface area (Å²) in [4.78, 5) is 23.2. The topological polar surface area (TPSA) is 113 Å². The van der Waals surface area contributed by atoms with E-state index >= 15 is 0 Å². The Morgan fingerprint density at radius 3 is 2.24 bits per heavy atom. The molecule has 0 bridgehead atoms. The van der Waals surface area contributed by atoms with Crippen molar-refractivity contribution in [1.82, 2.24) is 5.32 Å². The predicted molar refractivity (Wildman–Crippen MR) is 84.4 cm³/mol. The molecule has 0 heterocycles. The number of nitrogens with one attached hydrogen (secondary N) is 1. The highest BCUT2D eigenvalue weighted by molar-refractivity contribution is 8.93. The van der Waals surface area contributed by atoms with Crippen LogP contribution in [-0.2, 0) is 9.59 Å². The highest BCUT2D eigenvalue weighted by Crippen LogP contribution is 2.18. The van der Waals surface area contributed by atoms with Crippen LogP contribution in [0.1, 0.15) is 31.9 Å². The first kappa shape index (κ1) is 19.4. The number of phenolic OH excluding ortho intramolecular Hbond substituents is 1. The number of carboxylic acid groups (broad SMARTS) is 1. The van der Waals surface area contributed by atoms with Gasteiger partial charge in [0.25, 0.3) is 0 Å². The van der Waals surface area contributed by atoms with Gasteiger partial charge in [0.1, 0.15) is 5.75 Å². The molecule has 7 heteroatoms. The van der Waals surface area contributed by atoms with Gasteiger partial charge in [0.2, 0.25) is 5.91 Å². The summed E-state index contributed by atoms with van der Waals surface area (Å²) in [6.07, 6.45) is 0.728. The number of aliphatic carboxylic acids is 1. The Morgan fingerprint density at radius 2 is 1.81 bits per heavy atom. The number of carboxylic acids is 1. The van der Waals surface area contributed by atoms with Crippen LogP contribution in [0.2, 0.25) is 0 Å². The van der Waals surface area contributed by atoms with E-state index in [1.54, 1.807) is 0 Å². The molecule has 0 aliphatic rings. The lowest BCUT2D eigenvalue weighted by Gasteiger charge is -2.21. The van der Waals surface area contributed by atoms with Crippen molar-refractivity contribution in [2.24, 2.45) is 11.7 Å². The van der Waals surface area contributed by atoms with Crippen molar-refractivity contribution in [3.05, 3.63) is 29.8 Å². The molecular formula is C14H21BrN2O4. The molecule has 0 saturated heterocycles. The fraction of sp³-hybridized carbons (Fsp3) is 0.429. The molecule has 0 aromatic heterocycles. The smallest absolute Gasteiger partial charge is 0.330 e. The molecule has 0 fully saturated rings. The zero-order valence-electron chi connectivity index (χ0n) is 11.9. The normalized spacial score (nSPS) is 14.4. The number of carbonyl (C=O) groups excluding carboxylic acids is 1. The summed E-state index contributed by atoms with van der Waals surface area (Å²) in [6.45, 7) is 3.74. The molecule has 3 atom stereocenters. The number of aromatic hydroxyl groups is 1. The second-order valence-electron chi connectivity index (χ2n) is 4.78. The number of benzene rings is 1. The lowest BCUT2D eigenvalue weighted by atomic mass is 9.98. The van der Waals surface area contributed by atoms with Crippen LogP contribution in [0.5, 0.6) is 5.75 Å². The SMILES string of the molecule is Br.CC[C@H](C)[C@H](N)C(=O)NC(C(=O)O)c1ccc(O)cc1. The molecule has 0 aliphatic carbocycles. The van der Waals surface area contributed by atoms with Gasteiger partial charge in [-0.15, -0.1) is 17.0 Å². The minimum Gasteiger partial charge on any atom is -0.508 e. The molecule has 1 aromatic rings. The molecular weight excluding hydrogens is 340 g/mol. The third-order valence-corrected chi connectivity index (χ3v) is 3.32. The minimum atomic E-state index is -1.18. The van der Waals surface area contributed by atoms with E-state index in [0.29, 0.717) is 5.56 Å². The van der Waals surface area contributed by atoms with Crippen molar-refractivity contribution >= 4 is 28.9 Å². The number of hydrogen-bond acceptors (Lipinski definition) is 4. The van der Waals surface area contributed by atoms with Gasteiger partial charge >= 0.3 is 5.97 Å². The largest absolute Gasteiger partial charge is 0.508 e. The van der Waals surface area contributed by atoms with Crippen molar-refractivity contribution in [3.8, 4) is 5.75 Å². The van der Waals surface area contributed by atoms with Gasteiger partial charge in [0.15, 0.2) is 6.04 Å². The molecule has 0 aliphatic heterocycles. The maximum absolute atomic E-state index is 11.9. The molecule has 5 N–H and O–H groups in total. The highest BCUT2D eigenvalue weighted by atomic mass is 79.9. The van der Waals surface area contributed by atoms with Gasteiger partial charge in [-0.3, -0.25) is 4.79 Å². The second-order valence-corrected chi connectivity index (χ2v) is 4.78. The van der Waals surface area contributed by atoms with E-state index in [1.807, 2.05) is 13.8 Å². The van der Waals surface area contributed by atoms with Crippen LogP contribution < -0.4 is 11.1 Å². The van der Waals surface area contributed by atoms with Crippen molar-refractivity contribution in [2.45, 2.75) is 32.4 Å². The summed E-state index contributed by atoms with van der Waals surface area (Å²) in [7, 11) is 0. The van der Waals surface area contributed by atoms with Crippen LogP contribution in [0.25, 0.3) is 0 Å². The Morgan fingerprint density at radius 1 is 1.29 bits per heavy atom. The van der Waals surface area contributed by atoms with Crippen molar-refractivity contribution in [3.63, 3.8) is 0 Å². The van der Waals surface area contributed by atoms with Gasteiger partial charge in [-0.2, -0.15) is 0 Å². The number of phenols is 1. The van der Waals surface area contributed by atoms with E-state index in [0.717, 1.165) is 6.42 Å². The van der Waals surface area contributed by atoms with E-state index in [1.165, 1.54) is 24.3 Å². The molecule has 0 saturated carbocycles. The Bertz CT molecular complexity index is 478. The summed E-state index contributed by atoms with van der Waals surface area (Å²) in [5, 5.41) is 20.8. The van der Waals surface area contributed by atoms with Crippen LogP contribution in [0, 0.1) is 5.92 Å². The van der Waals surface area contributed by atoms with Gasteiger partial charge in [0.05, 0.1) is 6.04 Å². The summed E-state index contributed by atoms with van der Waals surface area (Å²) in [6, 6.07) is 3.70. The van der Waals surface area contributed by atoms with Gasteiger partial charge in [-0.25, -0.2) is 4.79 Å². The highest BCUT2D eigenvalue weighted by Gasteiger charge is 2.26. The number of halogens is 1.